The Hall–Kier alpha value is -2.83. The summed E-state index contributed by atoms with van der Waals surface area (Å²) in [4.78, 5) is 35.1. The molecule has 0 radical (unpaired) electrons. The topological polar surface area (TPSA) is 67.7 Å². The van der Waals surface area contributed by atoms with E-state index in [1.165, 1.54) is 0 Å². The molecule has 1 aliphatic rings. The number of imidazole rings is 1. The molecule has 0 aliphatic carbocycles. The van der Waals surface area contributed by atoms with Gasteiger partial charge in [-0.25, -0.2) is 4.98 Å². The zero-order chi connectivity index (χ0) is 25.4. The number of nitrogens with zero attached hydrogens (tertiary/aromatic N) is 4. The second-order valence-electron chi connectivity index (χ2n) is 10.2. The Morgan fingerprint density at radius 2 is 1.89 bits per heavy atom. The van der Waals surface area contributed by atoms with Gasteiger partial charge in [0.2, 0.25) is 5.91 Å². The SMILES string of the molecule is CCN1CCCCN(C(=O)CCn2ccnc2C(C)C)[C@@H](CC(C)C)COc2ccccc2C1=O. The summed E-state index contributed by atoms with van der Waals surface area (Å²) in [6, 6.07) is 7.43. The molecule has 0 fully saturated rings. The van der Waals surface area contributed by atoms with E-state index in [1.807, 2.05) is 53.4 Å². The van der Waals surface area contributed by atoms with Gasteiger partial charge >= 0.3 is 0 Å². The molecule has 0 N–H and O–H groups in total. The number of rotatable bonds is 7. The second-order valence-corrected chi connectivity index (χ2v) is 10.2. The van der Waals surface area contributed by atoms with Crippen molar-refractivity contribution < 1.29 is 14.3 Å². The van der Waals surface area contributed by atoms with Crippen molar-refractivity contribution >= 4 is 11.8 Å². The Balaban J connectivity index is 1.83. The lowest BCUT2D eigenvalue weighted by Crippen LogP contribution is -2.46. The van der Waals surface area contributed by atoms with Crippen molar-refractivity contribution in [2.24, 2.45) is 5.92 Å². The van der Waals surface area contributed by atoms with Crippen LogP contribution in [0.5, 0.6) is 5.75 Å². The van der Waals surface area contributed by atoms with Gasteiger partial charge in [0.15, 0.2) is 0 Å². The highest BCUT2D eigenvalue weighted by molar-refractivity contribution is 5.96. The van der Waals surface area contributed by atoms with Crippen molar-refractivity contribution in [2.45, 2.75) is 78.8 Å². The van der Waals surface area contributed by atoms with Crippen LogP contribution in [-0.2, 0) is 11.3 Å². The van der Waals surface area contributed by atoms with Gasteiger partial charge in [-0.15, -0.1) is 0 Å². The predicted molar refractivity (Wildman–Crippen MR) is 139 cm³/mol. The average Bonchev–Trinajstić information content (AvgIpc) is 3.31. The van der Waals surface area contributed by atoms with Crippen LogP contribution in [0, 0.1) is 5.92 Å². The van der Waals surface area contributed by atoms with E-state index in [2.05, 4.69) is 37.2 Å². The minimum absolute atomic E-state index is 0.0123. The maximum Gasteiger partial charge on any atom is 0.257 e. The minimum atomic E-state index is -0.0419. The van der Waals surface area contributed by atoms with Gasteiger partial charge < -0.3 is 19.1 Å². The van der Waals surface area contributed by atoms with Crippen molar-refractivity contribution in [2.75, 3.05) is 26.2 Å². The summed E-state index contributed by atoms with van der Waals surface area (Å²) in [7, 11) is 0. The van der Waals surface area contributed by atoms with Gasteiger partial charge in [0, 0.05) is 50.9 Å². The second kappa shape index (κ2) is 12.8. The maximum atomic E-state index is 13.6. The number of ether oxygens (including phenoxy) is 1. The predicted octanol–water partition coefficient (Wildman–Crippen LogP) is 4.97. The van der Waals surface area contributed by atoms with Crippen molar-refractivity contribution in [3.05, 3.63) is 48.0 Å². The molecular weight excluding hydrogens is 440 g/mol. The number of carbonyl (C=O) groups excluding carboxylic acids is 2. The fraction of sp³-hybridized carbons (Fsp3) is 0.607. The molecular formula is C28H42N4O3. The number of amides is 2. The standard InChI is InChI=1S/C28H42N4O3/c1-6-30-15-9-10-16-32(26(33)13-17-31-18-14-29-27(31)22(4)5)23(19-21(2)3)20-35-25-12-8-7-11-24(25)28(30)34/h7-8,11-12,14,18,21-23H,6,9-10,13,15-17,19-20H2,1-5H3/t23-/m0/s1. The highest BCUT2D eigenvalue weighted by Crippen LogP contribution is 2.24. The molecule has 0 unspecified atom stereocenters. The molecule has 2 amide bonds. The van der Waals surface area contributed by atoms with E-state index in [1.54, 1.807) is 0 Å². The van der Waals surface area contributed by atoms with Crippen molar-refractivity contribution in [1.82, 2.24) is 19.4 Å². The van der Waals surface area contributed by atoms with Gasteiger partial charge in [-0.1, -0.05) is 39.8 Å². The molecule has 0 saturated carbocycles. The van der Waals surface area contributed by atoms with E-state index in [9.17, 15) is 9.59 Å². The number of hydrogen-bond donors (Lipinski definition) is 0. The summed E-state index contributed by atoms with van der Waals surface area (Å²) >= 11 is 0. The Bertz CT molecular complexity index is 969. The lowest BCUT2D eigenvalue weighted by atomic mass is 10.0. The van der Waals surface area contributed by atoms with Crippen LogP contribution < -0.4 is 4.74 Å². The Morgan fingerprint density at radius 1 is 1.14 bits per heavy atom. The van der Waals surface area contributed by atoms with E-state index in [4.69, 9.17) is 4.74 Å². The normalized spacial score (nSPS) is 17.7. The lowest BCUT2D eigenvalue weighted by molar-refractivity contribution is -0.135. The molecule has 1 aromatic carbocycles. The van der Waals surface area contributed by atoms with Crippen LogP contribution in [0.2, 0.25) is 0 Å². The summed E-state index contributed by atoms with van der Waals surface area (Å²) in [5, 5.41) is 0. The number of benzene rings is 1. The molecule has 0 saturated heterocycles. The summed E-state index contributed by atoms with van der Waals surface area (Å²) in [5.74, 6) is 2.50. The molecule has 0 spiro atoms. The fourth-order valence-corrected chi connectivity index (χ4v) is 4.82. The third-order valence-electron chi connectivity index (χ3n) is 6.63. The van der Waals surface area contributed by atoms with E-state index in [0.717, 1.165) is 25.1 Å². The highest BCUT2D eigenvalue weighted by atomic mass is 16.5. The van der Waals surface area contributed by atoms with Crippen LogP contribution in [0.15, 0.2) is 36.7 Å². The first-order chi connectivity index (χ1) is 16.8. The lowest BCUT2D eigenvalue weighted by Gasteiger charge is -2.34. The highest BCUT2D eigenvalue weighted by Gasteiger charge is 2.27. The monoisotopic (exact) mass is 482 g/mol. The van der Waals surface area contributed by atoms with Crippen LogP contribution in [0.25, 0.3) is 0 Å². The molecule has 1 aliphatic heterocycles. The maximum absolute atomic E-state index is 13.6. The average molecular weight is 483 g/mol. The van der Waals surface area contributed by atoms with Crippen LogP contribution in [-0.4, -0.2) is 63.4 Å². The zero-order valence-electron chi connectivity index (χ0n) is 22.1. The molecule has 2 heterocycles. The number of carbonyl (C=O) groups is 2. The van der Waals surface area contributed by atoms with E-state index in [-0.39, 0.29) is 17.9 Å². The van der Waals surface area contributed by atoms with Gasteiger partial charge in [-0.2, -0.15) is 0 Å². The molecule has 192 valence electrons. The van der Waals surface area contributed by atoms with Crippen LogP contribution in [0.1, 0.15) is 82.4 Å². The first kappa shape index (κ1) is 26.8. The Labute approximate surface area is 210 Å². The number of aryl methyl sites for hydroxylation is 1. The largest absolute Gasteiger partial charge is 0.491 e. The number of aromatic nitrogens is 2. The van der Waals surface area contributed by atoms with Crippen molar-refractivity contribution in [3.63, 3.8) is 0 Å². The molecule has 35 heavy (non-hydrogen) atoms. The third-order valence-corrected chi connectivity index (χ3v) is 6.63. The molecule has 7 nitrogen and oxygen atoms in total. The van der Waals surface area contributed by atoms with E-state index in [0.29, 0.717) is 62.4 Å². The number of hydrogen-bond acceptors (Lipinski definition) is 4. The Morgan fingerprint density at radius 3 is 2.60 bits per heavy atom. The van der Waals surface area contributed by atoms with E-state index >= 15 is 0 Å². The van der Waals surface area contributed by atoms with Crippen LogP contribution in [0.3, 0.4) is 0 Å². The summed E-state index contributed by atoms with van der Waals surface area (Å²) in [6.45, 7) is 13.6. The summed E-state index contributed by atoms with van der Waals surface area (Å²) in [6.07, 6.45) is 6.77. The first-order valence-corrected chi connectivity index (χ1v) is 13.1. The zero-order valence-corrected chi connectivity index (χ0v) is 22.1. The van der Waals surface area contributed by atoms with Crippen molar-refractivity contribution in [1.29, 1.82) is 0 Å². The third kappa shape index (κ3) is 7.09. The fourth-order valence-electron chi connectivity index (χ4n) is 4.82. The Kier molecular flexibility index (Phi) is 9.75. The quantitative estimate of drug-likeness (QED) is 0.559. The molecule has 1 atom stereocenters. The molecule has 1 aromatic heterocycles. The van der Waals surface area contributed by atoms with E-state index < -0.39 is 0 Å². The number of fused-ring (bicyclic) bond motifs is 1. The molecule has 2 aromatic rings. The summed E-state index contributed by atoms with van der Waals surface area (Å²) in [5.41, 5.74) is 0.595. The smallest absolute Gasteiger partial charge is 0.257 e. The molecule has 3 rings (SSSR count). The molecule has 0 bridgehead atoms. The molecule has 7 heteroatoms. The van der Waals surface area contributed by atoms with Gasteiger partial charge in [0.25, 0.3) is 5.91 Å². The van der Waals surface area contributed by atoms with Gasteiger partial charge in [0.05, 0.1) is 11.6 Å². The van der Waals surface area contributed by atoms with Crippen LogP contribution in [0.4, 0.5) is 0 Å². The number of para-hydroxylation sites is 1. The van der Waals surface area contributed by atoms with Gasteiger partial charge in [-0.3, -0.25) is 9.59 Å². The van der Waals surface area contributed by atoms with Crippen LogP contribution >= 0.6 is 0 Å². The van der Waals surface area contributed by atoms with Crippen molar-refractivity contribution in [3.8, 4) is 5.75 Å². The first-order valence-electron chi connectivity index (χ1n) is 13.1. The minimum Gasteiger partial charge on any atom is -0.491 e. The summed E-state index contributed by atoms with van der Waals surface area (Å²) < 4.78 is 8.35. The van der Waals surface area contributed by atoms with Gasteiger partial charge in [0.1, 0.15) is 18.2 Å². The van der Waals surface area contributed by atoms with Gasteiger partial charge in [-0.05, 0) is 44.2 Å².